The third-order valence-electron chi connectivity index (χ3n) is 15.0. The maximum atomic E-state index is 12.5. The van der Waals surface area contributed by atoms with Gasteiger partial charge in [0, 0.05) is 105 Å². The molecule has 17 nitrogen and oxygen atoms in total. The minimum Gasteiger partial charge on any atom is -0.459 e. The number of benzene rings is 2. The predicted octanol–water partition coefficient (Wildman–Crippen LogP) is 9.05. The lowest BCUT2D eigenvalue weighted by atomic mass is 9.91. The Labute approximate surface area is 460 Å². The lowest BCUT2D eigenvalue weighted by Crippen LogP contribution is -2.50. The first-order valence-corrected chi connectivity index (χ1v) is 28.1. The number of anilines is 2. The number of amides is 2. The molecule has 4 unspecified atom stereocenters. The van der Waals surface area contributed by atoms with Crippen LogP contribution in [0.15, 0.2) is 36.4 Å². The fourth-order valence-electron chi connectivity index (χ4n) is 11.0. The quantitative estimate of drug-likeness (QED) is 0.135. The molecule has 77 heavy (non-hydrogen) atoms. The maximum Gasteiger partial charge on any atom is 0.410 e. The van der Waals surface area contributed by atoms with Gasteiger partial charge < -0.3 is 49.0 Å². The van der Waals surface area contributed by atoms with Gasteiger partial charge in [0.25, 0.3) is 0 Å². The van der Waals surface area contributed by atoms with Crippen molar-refractivity contribution in [1.29, 1.82) is 0 Å². The first-order chi connectivity index (χ1) is 35.6. The van der Waals surface area contributed by atoms with Crippen molar-refractivity contribution in [2.45, 2.75) is 214 Å². The van der Waals surface area contributed by atoms with Gasteiger partial charge in [-0.2, -0.15) is 0 Å². The van der Waals surface area contributed by atoms with Crippen LogP contribution in [0.5, 0.6) is 0 Å². The van der Waals surface area contributed by atoms with Crippen molar-refractivity contribution < 1.29 is 47.7 Å². The molecule has 6 fully saturated rings. The van der Waals surface area contributed by atoms with Gasteiger partial charge in [-0.15, -0.1) is 0 Å². The third kappa shape index (κ3) is 18.0. The molecular weight excluding hydrogens is 979 g/mol. The molecule has 8 rings (SSSR count). The Bertz CT molecular complexity index is 2380. The summed E-state index contributed by atoms with van der Waals surface area (Å²) in [7, 11) is 0. The van der Waals surface area contributed by atoms with E-state index in [0.717, 1.165) is 87.8 Å². The molecule has 0 aliphatic carbocycles. The number of nitrogens with zero attached hydrogens (tertiary/aromatic N) is 6. The standard InChI is InChI=1S/C30H47N3O5.C19H26N2O3.C11H22N2O2/c1-21-9-10-22(20-36-30(8)11-13-31(14-12-30)27(35)38-29(5,6)7)25(15-21)33-18-23-16-24(33)17-32(23)19-26(34)37-28(2,3)4;1-13-5-6-14(12-22)17(7-13)21-10-15-8-16(21)9-20(15)11-18(23)24-19(2,3)4;1-10(2,3)15-9(14)13-7-5-11(4,12)6-8-13/h9-10,15,23-24H,11-14,16-20H2,1-8H3;5-7,12,15-16H,8-11H2,1-4H3;5-8,12H2,1-4H3. The highest BCUT2D eigenvalue weighted by atomic mass is 16.6. The zero-order valence-corrected chi connectivity index (χ0v) is 49.7. The zero-order chi connectivity index (χ0) is 57.1. The fraction of sp³-hybridized carbons (Fsp3) is 0.717. The van der Waals surface area contributed by atoms with Crippen molar-refractivity contribution in [3.8, 4) is 0 Å². The molecule has 4 bridgehead atoms. The Morgan fingerprint density at radius 1 is 0.571 bits per heavy atom. The number of hydrogen-bond acceptors (Lipinski definition) is 15. The van der Waals surface area contributed by atoms with E-state index in [1.54, 1.807) is 9.80 Å². The summed E-state index contributed by atoms with van der Waals surface area (Å²) < 4.78 is 28.4. The number of hydrogen-bond donors (Lipinski definition) is 1. The topological polar surface area (TPSA) is 177 Å². The molecule has 6 saturated heterocycles. The van der Waals surface area contributed by atoms with Crippen molar-refractivity contribution in [3.05, 3.63) is 58.7 Å². The lowest BCUT2D eigenvalue weighted by molar-refractivity contribution is -0.157. The molecule has 0 saturated carbocycles. The summed E-state index contributed by atoms with van der Waals surface area (Å²) in [5.41, 5.74) is 10.4. The molecule has 0 spiro atoms. The largest absolute Gasteiger partial charge is 0.459 e. The van der Waals surface area contributed by atoms with E-state index in [-0.39, 0.29) is 35.3 Å². The van der Waals surface area contributed by atoms with Crippen LogP contribution in [0.4, 0.5) is 21.0 Å². The van der Waals surface area contributed by atoms with Crippen LogP contribution in [0.25, 0.3) is 0 Å². The number of aryl methyl sites for hydroxylation is 2. The van der Waals surface area contributed by atoms with E-state index in [2.05, 4.69) is 57.7 Å². The van der Waals surface area contributed by atoms with E-state index in [1.807, 2.05) is 109 Å². The van der Waals surface area contributed by atoms with Crippen LogP contribution in [0, 0.1) is 13.8 Å². The minimum absolute atomic E-state index is 0.126. The Morgan fingerprint density at radius 3 is 1.38 bits per heavy atom. The first-order valence-electron chi connectivity index (χ1n) is 28.1. The molecule has 430 valence electrons. The lowest BCUT2D eigenvalue weighted by Gasteiger charge is -2.40. The van der Waals surface area contributed by atoms with Crippen LogP contribution in [-0.4, -0.2) is 173 Å². The van der Waals surface area contributed by atoms with Gasteiger partial charge in [-0.3, -0.25) is 24.2 Å². The van der Waals surface area contributed by atoms with E-state index in [1.165, 1.54) is 16.8 Å². The summed E-state index contributed by atoms with van der Waals surface area (Å²) >= 11 is 0. The average molecular weight is 1070 g/mol. The van der Waals surface area contributed by atoms with Crippen molar-refractivity contribution in [3.63, 3.8) is 0 Å². The highest BCUT2D eigenvalue weighted by Gasteiger charge is 2.46. The maximum absolute atomic E-state index is 12.5. The summed E-state index contributed by atoms with van der Waals surface area (Å²) in [6, 6.07) is 14.0. The Hall–Kier alpha value is -4.97. The second-order valence-corrected chi connectivity index (χ2v) is 27.1. The molecule has 0 radical (unpaired) electrons. The second kappa shape index (κ2) is 24.2. The van der Waals surface area contributed by atoms with Gasteiger partial charge in [0.15, 0.2) is 6.29 Å². The van der Waals surface area contributed by atoms with Crippen molar-refractivity contribution in [1.82, 2.24) is 19.6 Å². The fourth-order valence-corrected chi connectivity index (χ4v) is 11.0. The molecule has 2 aromatic rings. The third-order valence-corrected chi connectivity index (χ3v) is 15.0. The van der Waals surface area contributed by atoms with E-state index < -0.39 is 22.4 Å². The van der Waals surface area contributed by atoms with Crippen LogP contribution in [-0.2, 0) is 39.9 Å². The molecule has 6 aliphatic heterocycles. The van der Waals surface area contributed by atoms with E-state index in [0.29, 0.717) is 70.0 Å². The number of fused-ring (bicyclic) bond motifs is 4. The van der Waals surface area contributed by atoms with Crippen LogP contribution >= 0.6 is 0 Å². The molecule has 4 atom stereocenters. The van der Waals surface area contributed by atoms with Gasteiger partial charge in [-0.05, 0) is 179 Å². The normalized spacial score (nSPS) is 23.1. The van der Waals surface area contributed by atoms with Crippen molar-refractivity contribution in [2.75, 3.05) is 75.2 Å². The molecular formula is C60H95N7O10. The van der Waals surface area contributed by atoms with Crippen LogP contribution in [0.3, 0.4) is 0 Å². The van der Waals surface area contributed by atoms with Crippen LogP contribution in [0.1, 0.15) is 163 Å². The van der Waals surface area contributed by atoms with E-state index >= 15 is 0 Å². The molecule has 17 heteroatoms. The molecule has 2 amide bonds. The van der Waals surface area contributed by atoms with Gasteiger partial charge in [-0.1, -0.05) is 18.2 Å². The average Bonchev–Trinajstić information content (AvgIpc) is 4.09. The van der Waals surface area contributed by atoms with Crippen LogP contribution in [0.2, 0.25) is 0 Å². The molecule has 6 aliphatic rings. The molecule has 2 N–H and O–H groups in total. The Morgan fingerprint density at radius 2 is 0.974 bits per heavy atom. The summed E-state index contributed by atoms with van der Waals surface area (Å²) in [5.74, 6) is -0.307. The van der Waals surface area contributed by atoms with Crippen molar-refractivity contribution in [2.24, 2.45) is 5.73 Å². The van der Waals surface area contributed by atoms with Gasteiger partial charge in [0.05, 0.1) is 25.3 Å². The molecule has 2 aromatic carbocycles. The number of nitrogens with two attached hydrogens (primary N) is 1. The van der Waals surface area contributed by atoms with E-state index in [4.69, 9.17) is 29.4 Å². The summed E-state index contributed by atoms with van der Waals surface area (Å²) in [6.07, 6.45) is 5.80. The number of carbonyl (C=O) groups is 5. The number of ether oxygens (including phenoxy) is 5. The Kier molecular flexibility index (Phi) is 19.2. The minimum atomic E-state index is -0.488. The SMILES string of the molecule is CC1(N)CCN(C(=O)OC(C)(C)C)CC1.Cc1ccc(C=O)c(N2CC3CC2CN3CC(=O)OC(C)(C)C)c1.Cc1ccc(COC2(C)CCN(C(=O)OC(C)(C)C)CC2)c(N2CC3CC2CN3CC(=O)OC(C)(C)C)c1. The predicted molar refractivity (Wildman–Crippen MR) is 302 cm³/mol. The number of esters is 2. The molecule has 0 aromatic heterocycles. The number of carbonyl (C=O) groups excluding carboxylic acids is 5. The summed E-state index contributed by atoms with van der Waals surface area (Å²) in [4.78, 5) is 72.8. The van der Waals surface area contributed by atoms with Crippen molar-refractivity contribution >= 4 is 41.8 Å². The number of piperazine rings is 2. The number of aldehydes is 1. The highest BCUT2D eigenvalue weighted by Crippen LogP contribution is 2.39. The van der Waals surface area contributed by atoms with E-state index in [9.17, 15) is 24.0 Å². The van der Waals surface area contributed by atoms with Gasteiger partial charge in [0.1, 0.15) is 22.4 Å². The van der Waals surface area contributed by atoms with Gasteiger partial charge >= 0.3 is 24.1 Å². The summed E-state index contributed by atoms with van der Waals surface area (Å²) in [5, 5.41) is 0. The van der Waals surface area contributed by atoms with Gasteiger partial charge in [0.2, 0.25) is 0 Å². The Balaban J connectivity index is 0.000000209. The number of likely N-dealkylation sites (tertiary alicyclic amines) is 4. The zero-order valence-electron chi connectivity index (χ0n) is 49.7. The monoisotopic (exact) mass is 1070 g/mol. The smallest absolute Gasteiger partial charge is 0.410 e. The highest BCUT2D eigenvalue weighted by molar-refractivity contribution is 5.85. The second-order valence-electron chi connectivity index (χ2n) is 27.1. The first kappa shape index (κ1) is 61.2. The summed E-state index contributed by atoms with van der Waals surface area (Å²) in [6.45, 7) is 38.5. The molecule has 6 heterocycles. The number of rotatable bonds is 10. The number of piperidine rings is 2. The van der Waals surface area contributed by atoms with Crippen LogP contribution < -0.4 is 15.5 Å². The van der Waals surface area contributed by atoms with Gasteiger partial charge in [-0.25, -0.2) is 9.59 Å².